The Morgan fingerprint density at radius 3 is 2.55 bits per heavy atom. The fourth-order valence-corrected chi connectivity index (χ4v) is 3.45. The van der Waals surface area contributed by atoms with Crippen molar-refractivity contribution in [3.63, 3.8) is 0 Å². The predicted octanol–water partition coefficient (Wildman–Crippen LogP) is 3.71. The quantitative estimate of drug-likeness (QED) is 0.503. The SMILES string of the molecule is CC(C)n1ncc2c(C(=O)NCc3cccc(C(N)=O)c3)cc(-c3ccccc3)nc21. The molecule has 0 aliphatic heterocycles. The van der Waals surface area contributed by atoms with E-state index in [2.05, 4.69) is 10.4 Å². The van der Waals surface area contributed by atoms with Crippen LogP contribution < -0.4 is 11.1 Å². The van der Waals surface area contributed by atoms with E-state index in [1.165, 1.54) is 0 Å². The minimum absolute atomic E-state index is 0.100. The summed E-state index contributed by atoms with van der Waals surface area (Å²) in [6, 6.07) is 18.5. The Morgan fingerprint density at radius 2 is 1.84 bits per heavy atom. The van der Waals surface area contributed by atoms with E-state index in [1.807, 2.05) is 54.9 Å². The number of nitrogens with two attached hydrogens (primary N) is 1. The summed E-state index contributed by atoms with van der Waals surface area (Å²) in [6.45, 7) is 4.31. The number of rotatable bonds is 6. The highest BCUT2D eigenvalue weighted by Crippen LogP contribution is 2.26. The van der Waals surface area contributed by atoms with Crippen molar-refractivity contribution >= 4 is 22.8 Å². The lowest BCUT2D eigenvalue weighted by molar-refractivity contribution is 0.0951. The van der Waals surface area contributed by atoms with E-state index in [9.17, 15) is 9.59 Å². The van der Waals surface area contributed by atoms with Gasteiger partial charge in [-0.1, -0.05) is 42.5 Å². The third-order valence-corrected chi connectivity index (χ3v) is 5.03. The molecule has 0 radical (unpaired) electrons. The third-order valence-electron chi connectivity index (χ3n) is 5.03. The zero-order chi connectivity index (χ0) is 22.0. The van der Waals surface area contributed by atoms with Crippen molar-refractivity contribution in [2.45, 2.75) is 26.4 Å². The van der Waals surface area contributed by atoms with Crippen molar-refractivity contribution in [3.8, 4) is 11.3 Å². The van der Waals surface area contributed by atoms with Crippen LogP contribution in [0.15, 0.2) is 66.9 Å². The maximum atomic E-state index is 13.1. The number of benzene rings is 2. The van der Waals surface area contributed by atoms with Gasteiger partial charge in [-0.2, -0.15) is 5.10 Å². The molecule has 7 heteroatoms. The molecular weight excluding hydrogens is 390 g/mol. The standard InChI is InChI=1S/C24H23N5O2/c1-15(2)29-23-20(14-27-29)19(12-21(28-23)17-8-4-3-5-9-17)24(31)26-13-16-7-6-10-18(11-16)22(25)30/h3-12,14-15H,13H2,1-2H3,(H2,25,30)(H,26,31). The van der Waals surface area contributed by atoms with Gasteiger partial charge in [-0.05, 0) is 37.6 Å². The minimum Gasteiger partial charge on any atom is -0.366 e. The van der Waals surface area contributed by atoms with Crippen LogP contribution in [0.5, 0.6) is 0 Å². The average Bonchev–Trinajstić information content (AvgIpc) is 3.22. The summed E-state index contributed by atoms with van der Waals surface area (Å²) < 4.78 is 1.81. The fourth-order valence-electron chi connectivity index (χ4n) is 3.45. The van der Waals surface area contributed by atoms with Gasteiger partial charge in [-0.25, -0.2) is 9.67 Å². The Balaban J connectivity index is 1.71. The van der Waals surface area contributed by atoms with Crippen LogP contribution in [0.1, 0.15) is 46.2 Å². The largest absolute Gasteiger partial charge is 0.366 e. The number of hydrogen-bond donors (Lipinski definition) is 2. The number of amides is 2. The first kappa shape index (κ1) is 20.3. The number of carbonyl (C=O) groups is 2. The summed E-state index contributed by atoms with van der Waals surface area (Å²) in [5.74, 6) is -0.741. The smallest absolute Gasteiger partial charge is 0.252 e. The summed E-state index contributed by atoms with van der Waals surface area (Å²) in [5.41, 5.74) is 9.33. The first-order chi connectivity index (χ1) is 14.9. The second-order valence-electron chi connectivity index (χ2n) is 7.59. The van der Waals surface area contributed by atoms with Crippen LogP contribution in [0.2, 0.25) is 0 Å². The average molecular weight is 413 g/mol. The van der Waals surface area contributed by atoms with Crippen molar-refractivity contribution in [2.75, 3.05) is 0 Å². The molecule has 0 aliphatic carbocycles. The normalized spacial score (nSPS) is 11.1. The van der Waals surface area contributed by atoms with Crippen LogP contribution in [0.4, 0.5) is 0 Å². The van der Waals surface area contributed by atoms with Crippen LogP contribution in [-0.2, 0) is 6.54 Å². The lowest BCUT2D eigenvalue weighted by Gasteiger charge is -2.11. The monoisotopic (exact) mass is 413 g/mol. The zero-order valence-corrected chi connectivity index (χ0v) is 17.4. The van der Waals surface area contributed by atoms with Gasteiger partial charge in [-0.3, -0.25) is 9.59 Å². The van der Waals surface area contributed by atoms with Crippen molar-refractivity contribution < 1.29 is 9.59 Å². The fraction of sp³-hybridized carbons (Fsp3) is 0.167. The number of nitrogens with zero attached hydrogens (tertiary/aromatic N) is 3. The minimum atomic E-state index is -0.502. The van der Waals surface area contributed by atoms with Gasteiger partial charge in [0.2, 0.25) is 5.91 Å². The highest BCUT2D eigenvalue weighted by molar-refractivity contribution is 6.06. The molecule has 0 bridgehead atoms. The van der Waals surface area contributed by atoms with Crippen LogP contribution >= 0.6 is 0 Å². The van der Waals surface area contributed by atoms with E-state index < -0.39 is 5.91 Å². The van der Waals surface area contributed by atoms with Gasteiger partial charge >= 0.3 is 0 Å². The van der Waals surface area contributed by atoms with Crippen LogP contribution in [0.3, 0.4) is 0 Å². The molecule has 0 fully saturated rings. The number of primary amides is 1. The number of carbonyl (C=O) groups excluding carboxylic acids is 2. The van der Waals surface area contributed by atoms with E-state index in [-0.39, 0.29) is 18.5 Å². The predicted molar refractivity (Wildman–Crippen MR) is 119 cm³/mol. The summed E-state index contributed by atoms with van der Waals surface area (Å²) in [6.07, 6.45) is 1.68. The summed E-state index contributed by atoms with van der Waals surface area (Å²) in [5, 5.41) is 8.07. The van der Waals surface area contributed by atoms with Gasteiger partial charge in [-0.15, -0.1) is 0 Å². The Bertz CT molecular complexity index is 1260. The van der Waals surface area contributed by atoms with Crippen LogP contribution in [-0.4, -0.2) is 26.6 Å². The van der Waals surface area contributed by atoms with E-state index >= 15 is 0 Å². The van der Waals surface area contributed by atoms with Crippen molar-refractivity contribution in [1.82, 2.24) is 20.1 Å². The summed E-state index contributed by atoms with van der Waals surface area (Å²) >= 11 is 0. The molecule has 0 saturated heterocycles. The van der Waals surface area contributed by atoms with Gasteiger partial charge in [0.1, 0.15) is 0 Å². The Hall–Kier alpha value is -4.00. The molecule has 2 aromatic carbocycles. The number of fused-ring (bicyclic) bond motifs is 1. The lowest BCUT2D eigenvalue weighted by atomic mass is 10.1. The second kappa shape index (κ2) is 8.39. The molecule has 31 heavy (non-hydrogen) atoms. The highest BCUT2D eigenvalue weighted by Gasteiger charge is 2.18. The molecule has 0 atom stereocenters. The Kier molecular flexibility index (Phi) is 5.49. The van der Waals surface area contributed by atoms with E-state index in [1.54, 1.807) is 30.5 Å². The number of nitrogens with one attached hydrogen (secondary N) is 1. The molecule has 4 rings (SSSR count). The maximum Gasteiger partial charge on any atom is 0.252 e. The molecule has 7 nitrogen and oxygen atoms in total. The summed E-state index contributed by atoms with van der Waals surface area (Å²) in [4.78, 5) is 29.3. The van der Waals surface area contributed by atoms with Crippen molar-refractivity contribution in [3.05, 3.63) is 83.6 Å². The van der Waals surface area contributed by atoms with Gasteiger partial charge < -0.3 is 11.1 Å². The molecule has 0 unspecified atom stereocenters. The van der Waals surface area contributed by atoms with Gasteiger partial charge in [0.05, 0.1) is 22.8 Å². The van der Waals surface area contributed by atoms with Gasteiger partial charge in [0.15, 0.2) is 5.65 Å². The molecule has 3 N–H and O–H groups in total. The molecule has 2 heterocycles. The molecule has 0 spiro atoms. The Morgan fingerprint density at radius 1 is 1.06 bits per heavy atom. The number of aromatic nitrogens is 3. The van der Waals surface area contributed by atoms with Crippen LogP contribution in [0, 0.1) is 0 Å². The summed E-state index contributed by atoms with van der Waals surface area (Å²) in [7, 11) is 0. The highest BCUT2D eigenvalue weighted by atomic mass is 16.2. The van der Waals surface area contributed by atoms with E-state index in [4.69, 9.17) is 10.7 Å². The molecule has 2 aromatic heterocycles. The second-order valence-corrected chi connectivity index (χ2v) is 7.59. The van der Waals surface area contributed by atoms with Gasteiger partial charge in [0, 0.05) is 23.7 Å². The van der Waals surface area contributed by atoms with E-state index in [0.717, 1.165) is 11.1 Å². The Labute approximate surface area is 179 Å². The lowest BCUT2D eigenvalue weighted by Crippen LogP contribution is -2.23. The number of hydrogen-bond acceptors (Lipinski definition) is 4. The van der Waals surface area contributed by atoms with Gasteiger partial charge in [0.25, 0.3) is 5.91 Å². The van der Waals surface area contributed by atoms with Crippen molar-refractivity contribution in [1.29, 1.82) is 0 Å². The molecular formula is C24H23N5O2. The first-order valence-corrected chi connectivity index (χ1v) is 10.0. The topological polar surface area (TPSA) is 103 Å². The third kappa shape index (κ3) is 4.16. The zero-order valence-electron chi connectivity index (χ0n) is 17.4. The van der Waals surface area contributed by atoms with Crippen molar-refractivity contribution in [2.24, 2.45) is 5.73 Å². The van der Waals surface area contributed by atoms with E-state index in [0.29, 0.717) is 27.9 Å². The van der Waals surface area contributed by atoms with Crippen LogP contribution in [0.25, 0.3) is 22.3 Å². The molecule has 0 aliphatic rings. The molecule has 0 saturated carbocycles. The number of pyridine rings is 1. The first-order valence-electron chi connectivity index (χ1n) is 10.0. The maximum absolute atomic E-state index is 13.1. The molecule has 2 amide bonds. The molecule has 156 valence electrons. The molecule has 4 aromatic rings.